The summed E-state index contributed by atoms with van der Waals surface area (Å²) in [6, 6.07) is 6.76. The second kappa shape index (κ2) is 6.47. The van der Waals surface area contributed by atoms with Crippen LogP contribution < -0.4 is 10.4 Å². The normalized spacial score (nSPS) is 12.8. The van der Waals surface area contributed by atoms with Crippen molar-refractivity contribution >= 4 is 33.9 Å². The van der Waals surface area contributed by atoms with Crippen LogP contribution in [0.1, 0.15) is 33.0 Å². The Balaban J connectivity index is 2.13. The zero-order valence-corrected chi connectivity index (χ0v) is 14.0. The van der Waals surface area contributed by atoms with E-state index >= 15 is 0 Å². The third-order valence-corrected chi connectivity index (χ3v) is 3.88. The number of nitrogens with one attached hydrogen (secondary N) is 1. The fraction of sp³-hybridized carbons (Fsp3) is 0.389. The number of nitrogens with zero attached hydrogens (tertiary/aromatic N) is 2. The highest BCUT2D eigenvalue weighted by Crippen LogP contribution is 2.31. The van der Waals surface area contributed by atoms with Crippen molar-refractivity contribution in [3.05, 3.63) is 30.1 Å². The summed E-state index contributed by atoms with van der Waals surface area (Å²) >= 11 is 0. The van der Waals surface area contributed by atoms with Crippen LogP contribution >= 0.6 is 0 Å². The van der Waals surface area contributed by atoms with Crippen LogP contribution in [0.2, 0.25) is 0 Å². The Hall–Kier alpha value is -2.63. The first kappa shape index (κ1) is 16.2. The minimum absolute atomic E-state index is 0.207. The van der Waals surface area contributed by atoms with Gasteiger partial charge in [-0.15, -0.1) is 0 Å². The quantitative estimate of drug-likeness (QED) is 0.748. The molecule has 0 aliphatic heterocycles. The molecule has 1 atom stereocenters. The van der Waals surface area contributed by atoms with Crippen LogP contribution in [0.5, 0.6) is 0 Å². The molecule has 3 rings (SSSR count). The number of fused-ring (bicyclic) bond motifs is 3. The van der Waals surface area contributed by atoms with Crippen molar-refractivity contribution in [2.24, 2.45) is 5.92 Å². The van der Waals surface area contributed by atoms with Gasteiger partial charge in [0.2, 0.25) is 0 Å². The lowest BCUT2D eigenvalue weighted by Gasteiger charge is -2.22. The number of hydrogen-bond acceptors (Lipinski definition) is 6. The lowest BCUT2D eigenvalue weighted by atomic mass is 10.0. The van der Waals surface area contributed by atoms with E-state index in [1.807, 2.05) is 45.0 Å². The van der Waals surface area contributed by atoms with Crippen molar-refractivity contribution in [1.82, 2.24) is 9.97 Å². The molecule has 1 aromatic carbocycles. The summed E-state index contributed by atoms with van der Waals surface area (Å²) in [5.41, 5.74) is 1.87. The number of carbonyl (C=O) groups is 1. The SMILES string of the molecule is CCc1nc(N[C@@H](CC(C)C)C(=O)[O-])c2oc3ccccc3c2n1. The molecule has 0 amide bonds. The van der Waals surface area contributed by atoms with Crippen LogP contribution in [0.15, 0.2) is 28.7 Å². The number of aromatic nitrogens is 2. The van der Waals surface area contributed by atoms with E-state index in [9.17, 15) is 9.90 Å². The summed E-state index contributed by atoms with van der Waals surface area (Å²) in [5, 5.41) is 15.3. The van der Waals surface area contributed by atoms with Gasteiger partial charge in [-0.2, -0.15) is 0 Å². The van der Waals surface area contributed by atoms with Gasteiger partial charge in [0.15, 0.2) is 11.4 Å². The Morgan fingerprint density at radius 2 is 2.04 bits per heavy atom. The van der Waals surface area contributed by atoms with Gasteiger partial charge >= 0.3 is 0 Å². The van der Waals surface area contributed by atoms with Crippen LogP contribution in [0.4, 0.5) is 5.82 Å². The predicted octanol–water partition coefficient (Wildman–Crippen LogP) is 2.51. The molecule has 0 aliphatic rings. The van der Waals surface area contributed by atoms with Gasteiger partial charge in [0.25, 0.3) is 0 Å². The number of carboxylic acids is 1. The Bertz CT molecular complexity index is 886. The summed E-state index contributed by atoms with van der Waals surface area (Å²) in [4.78, 5) is 20.4. The first-order valence-corrected chi connectivity index (χ1v) is 8.15. The molecule has 0 bridgehead atoms. The average Bonchev–Trinajstić information content (AvgIpc) is 2.92. The molecule has 2 aromatic heterocycles. The zero-order chi connectivity index (χ0) is 17.3. The maximum atomic E-state index is 11.5. The Labute approximate surface area is 139 Å². The molecule has 6 nitrogen and oxygen atoms in total. The Morgan fingerprint density at radius 3 is 2.71 bits per heavy atom. The summed E-state index contributed by atoms with van der Waals surface area (Å²) in [5.74, 6) is 0.102. The molecule has 2 heterocycles. The van der Waals surface area contributed by atoms with Crippen LogP contribution in [0.25, 0.3) is 22.1 Å². The van der Waals surface area contributed by atoms with E-state index in [0.717, 1.165) is 5.39 Å². The predicted molar refractivity (Wildman–Crippen MR) is 90.6 cm³/mol. The maximum Gasteiger partial charge on any atom is 0.196 e. The average molecular weight is 326 g/mol. The van der Waals surface area contributed by atoms with E-state index in [-0.39, 0.29) is 5.92 Å². The van der Waals surface area contributed by atoms with Crippen LogP contribution in [-0.2, 0) is 11.2 Å². The lowest BCUT2D eigenvalue weighted by molar-refractivity contribution is -0.307. The van der Waals surface area contributed by atoms with E-state index in [1.165, 1.54) is 0 Å². The van der Waals surface area contributed by atoms with Crippen LogP contribution in [-0.4, -0.2) is 22.0 Å². The van der Waals surface area contributed by atoms with Crippen molar-refractivity contribution < 1.29 is 14.3 Å². The number of para-hydroxylation sites is 1. The summed E-state index contributed by atoms with van der Waals surface area (Å²) in [6.07, 6.45) is 1.08. The van der Waals surface area contributed by atoms with Gasteiger partial charge in [-0.3, -0.25) is 0 Å². The highest BCUT2D eigenvalue weighted by atomic mass is 16.4. The number of hydrogen-bond donors (Lipinski definition) is 1. The largest absolute Gasteiger partial charge is 0.548 e. The summed E-state index contributed by atoms with van der Waals surface area (Å²) in [6.45, 7) is 5.88. The van der Waals surface area contributed by atoms with Crippen LogP contribution in [0.3, 0.4) is 0 Å². The molecular weight excluding hydrogens is 306 g/mol. The number of carboxylic acid groups (broad SMARTS) is 1. The third kappa shape index (κ3) is 3.04. The van der Waals surface area contributed by atoms with E-state index in [4.69, 9.17) is 4.42 Å². The second-order valence-electron chi connectivity index (χ2n) is 6.26. The second-order valence-corrected chi connectivity index (χ2v) is 6.26. The molecule has 0 saturated carbocycles. The molecule has 6 heteroatoms. The van der Waals surface area contributed by atoms with E-state index in [2.05, 4.69) is 15.3 Å². The molecule has 24 heavy (non-hydrogen) atoms. The van der Waals surface area contributed by atoms with Crippen molar-refractivity contribution in [1.29, 1.82) is 0 Å². The highest BCUT2D eigenvalue weighted by molar-refractivity contribution is 6.05. The van der Waals surface area contributed by atoms with E-state index < -0.39 is 12.0 Å². The van der Waals surface area contributed by atoms with Gasteiger partial charge < -0.3 is 19.6 Å². The van der Waals surface area contributed by atoms with Crippen molar-refractivity contribution in [2.75, 3.05) is 5.32 Å². The van der Waals surface area contributed by atoms with E-state index in [0.29, 0.717) is 41.2 Å². The standard InChI is InChI=1S/C18H21N3O3/c1-4-14-20-15-11-7-5-6-8-13(11)24-16(15)17(21-14)19-12(18(22)23)9-10(2)3/h5-8,10,12H,4,9H2,1-3H3,(H,22,23)(H,19,20,21)/p-1/t12-/m0/s1. The lowest BCUT2D eigenvalue weighted by Crippen LogP contribution is -2.42. The van der Waals surface area contributed by atoms with Crippen molar-refractivity contribution in [3.63, 3.8) is 0 Å². The Morgan fingerprint density at radius 1 is 1.29 bits per heavy atom. The first-order valence-electron chi connectivity index (χ1n) is 8.15. The van der Waals surface area contributed by atoms with Gasteiger partial charge in [0, 0.05) is 11.8 Å². The molecule has 126 valence electrons. The summed E-state index contributed by atoms with van der Waals surface area (Å²) in [7, 11) is 0. The minimum atomic E-state index is -1.15. The minimum Gasteiger partial charge on any atom is -0.548 e. The highest BCUT2D eigenvalue weighted by Gasteiger charge is 2.19. The number of aryl methyl sites for hydroxylation is 1. The number of benzene rings is 1. The third-order valence-electron chi connectivity index (χ3n) is 3.88. The Kier molecular flexibility index (Phi) is 4.38. The zero-order valence-electron chi connectivity index (χ0n) is 14.0. The summed E-state index contributed by atoms with van der Waals surface area (Å²) < 4.78 is 5.87. The van der Waals surface area contributed by atoms with Crippen molar-refractivity contribution in [2.45, 2.75) is 39.7 Å². The molecule has 0 spiro atoms. The molecule has 0 unspecified atom stereocenters. The molecule has 0 radical (unpaired) electrons. The number of aliphatic carboxylic acids is 1. The number of furan rings is 1. The smallest absolute Gasteiger partial charge is 0.196 e. The van der Waals surface area contributed by atoms with Gasteiger partial charge in [-0.05, 0) is 24.5 Å². The van der Waals surface area contributed by atoms with Crippen molar-refractivity contribution in [3.8, 4) is 0 Å². The maximum absolute atomic E-state index is 11.5. The molecular formula is C18H20N3O3-. The number of anilines is 1. The topological polar surface area (TPSA) is 91.1 Å². The fourth-order valence-electron chi connectivity index (χ4n) is 2.74. The number of carbonyl (C=O) groups excluding carboxylic acids is 1. The molecule has 1 N–H and O–H groups in total. The van der Waals surface area contributed by atoms with E-state index in [1.54, 1.807) is 0 Å². The van der Waals surface area contributed by atoms with Crippen LogP contribution in [0, 0.1) is 5.92 Å². The molecule has 0 aliphatic carbocycles. The first-order chi connectivity index (χ1) is 11.5. The van der Waals surface area contributed by atoms with Gasteiger partial charge in [0.1, 0.15) is 16.9 Å². The fourth-order valence-corrected chi connectivity index (χ4v) is 2.74. The van der Waals surface area contributed by atoms with Gasteiger partial charge in [-0.25, -0.2) is 9.97 Å². The molecule has 3 aromatic rings. The number of rotatable bonds is 6. The van der Waals surface area contributed by atoms with Gasteiger partial charge in [0.05, 0.1) is 12.0 Å². The molecule has 0 saturated heterocycles. The van der Waals surface area contributed by atoms with Gasteiger partial charge in [-0.1, -0.05) is 32.9 Å². The monoisotopic (exact) mass is 326 g/mol. The molecule has 0 fully saturated rings.